The molecule has 0 aliphatic carbocycles. The van der Waals surface area contributed by atoms with Gasteiger partial charge in [-0.15, -0.1) is 0 Å². The summed E-state index contributed by atoms with van der Waals surface area (Å²) in [5.41, 5.74) is 4.23. The van der Waals surface area contributed by atoms with Gasteiger partial charge in [0, 0.05) is 5.02 Å². The smallest absolute Gasteiger partial charge is 0.0438 e. The zero-order valence-corrected chi connectivity index (χ0v) is 12.3. The van der Waals surface area contributed by atoms with Crippen molar-refractivity contribution in [3.8, 4) is 0 Å². The van der Waals surface area contributed by atoms with E-state index >= 15 is 0 Å². The Kier molecular flexibility index (Phi) is 3.45. The molecule has 0 saturated carbocycles. The van der Waals surface area contributed by atoms with E-state index in [0.29, 0.717) is 0 Å². The Morgan fingerprint density at radius 2 is 1.19 bits per heavy atom. The lowest BCUT2D eigenvalue weighted by Crippen LogP contribution is -2.22. The third-order valence-corrected chi connectivity index (χ3v) is 3.32. The normalized spacial score (nSPS) is 13.0. The van der Waals surface area contributed by atoms with Gasteiger partial charge in [0.2, 0.25) is 0 Å². The molecule has 1 aromatic rings. The molecule has 0 amide bonds. The van der Waals surface area contributed by atoms with Crippen molar-refractivity contribution in [1.82, 2.24) is 0 Å². The summed E-state index contributed by atoms with van der Waals surface area (Å²) in [5, 5.41) is 0.873. The van der Waals surface area contributed by atoms with Crippen molar-refractivity contribution >= 4 is 11.6 Å². The van der Waals surface area contributed by atoms with E-state index in [1.54, 1.807) is 0 Å². The van der Waals surface area contributed by atoms with Crippen LogP contribution in [0.5, 0.6) is 0 Å². The minimum absolute atomic E-state index is 0.139. The summed E-state index contributed by atoms with van der Waals surface area (Å²) >= 11 is 6.24. The molecule has 0 spiro atoms. The van der Waals surface area contributed by atoms with Crippen molar-refractivity contribution in [2.24, 2.45) is 0 Å². The fraction of sp³-hybridized carbons (Fsp3) is 0.600. The lowest BCUT2D eigenvalue weighted by atomic mass is 9.75. The van der Waals surface area contributed by atoms with Gasteiger partial charge in [-0.3, -0.25) is 0 Å². The quantitative estimate of drug-likeness (QED) is 0.580. The van der Waals surface area contributed by atoms with Crippen LogP contribution in [0.4, 0.5) is 0 Å². The molecule has 0 unspecified atom stereocenters. The number of aryl methyl sites for hydroxylation is 1. The van der Waals surface area contributed by atoms with Crippen LogP contribution >= 0.6 is 11.6 Å². The van der Waals surface area contributed by atoms with Gasteiger partial charge in [-0.1, -0.05) is 59.2 Å². The summed E-state index contributed by atoms with van der Waals surface area (Å²) in [6, 6.07) is 4.38. The van der Waals surface area contributed by atoms with Gasteiger partial charge >= 0.3 is 0 Å². The summed E-state index contributed by atoms with van der Waals surface area (Å²) in [5.74, 6) is 0. The first-order chi connectivity index (χ1) is 7.03. The zero-order chi connectivity index (χ0) is 12.7. The maximum Gasteiger partial charge on any atom is 0.0438 e. The van der Waals surface area contributed by atoms with Crippen LogP contribution in [0.15, 0.2) is 12.1 Å². The van der Waals surface area contributed by atoms with Gasteiger partial charge in [0.25, 0.3) is 0 Å². The Balaban J connectivity index is 3.53. The minimum atomic E-state index is 0.139. The van der Waals surface area contributed by atoms with Gasteiger partial charge in [-0.2, -0.15) is 0 Å². The molecule has 16 heavy (non-hydrogen) atoms. The Labute approximate surface area is 105 Å². The van der Waals surface area contributed by atoms with Crippen LogP contribution in [0.25, 0.3) is 0 Å². The van der Waals surface area contributed by atoms with Crippen molar-refractivity contribution < 1.29 is 0 Å². The summed E-state index contributed by atoms with van der Waals surface area (Å²) in [6.45, 7) is 15.6. The molecule has 0 heterocycles. The van der Waals surface area contributed by atoms with E-state index < -0.39 is 0 Å². The maximum atomic E-state index is 6.24. The van der Waals surface area contributed by atoms with Crippen molar-refractivity contribution in [2.45, 2.75) is 59.3 Å². The van der Waals surface area contributed by atoms with E-state index in [0.717, 1.165) is 5.02 Å². The standard InChI is InChI=1S/C15H23Cl/c1-10-8-11(14(2,3)4)12(9-13(10)16)15(5,6)7/h8-9H,1-7H3. The monoisotopic (exact) mass is 238 g/mol. The third kappa shape index (κ3) is 2.79. The molecule has 1 rings (SSSR count). The van der Waals surface area contributed by atoms with Crippen LogP contribution in [-0.2, 0) is 10.8 Å². The Morgan fingerprint density at radius 1 is 0.812 bits per heavy atom. The predicted octanol–water partition coefficient (Wildman–Crippen LogP) is 5.24. The molecule has 0 atom stereocenters. The zero-order valence-electron chi connectivity index (χ0n) is 11.5. The maximum absolute atomic E-state index is 6.24. The number of rotatable bonds is 0. The van der Waals surface area contributed by atoms with Gasteiger partial charge < -0.3 is 0 Å². The van der Waals surface area contributed by atoms with Crippen LogP contribution in [0, 0.1) is 6.92 Å². The van der Waals surface area contributed by atoms with Crippen molar-refractivity contribution in [2.75, 3.05) is 0 Å². The summed E-state index contributed by atoms with van der Waals surface area (Å²) < 4.78 is 0. The number of benzene rings is 1. The molecule has 0 aliphatic heterocycles. The van der Waals surface area contributed by atoms with Crippen LogP contribution in [0.2, 0.25) is 5.02 Å². The Hall–Kier alpha value is -0.490. The highest BCUT2D eigenvalue weighted by molar-refractivity contribution is 6.31. The molecule has 0 radical (unpaired) electrons. The third-order valence-electron chi connectivity index (χ3n) is 2.91. The van der Waals surface area contributed by atoms with Crippen LogP contribution in [0.1, 0.15) is 58.2 Å². The molecule has 1 aromatic carbocycles. The van der Waals surface area contributed by atoms with E-state index in [1.165, 1.54) is 16.7 Å². The van der Waals surface area contributed by atoms with E-state index in [2.05, 4.69) is 60.6 Å². The molecule has 0 saturated heterocycles. The number of halogens is 1. The number of hydrogen-bond acceptors (Lipinski definition) is 0. The fourth-order valence-corrected chi connectivity index (χ4v) is 2.09. The molecule has 0 N–H and O–H groups in total. The average Bonchev–Trinajstić information content (AvgIpc) is 2.05. The first-order valence-electron chi connectivity index (χ1n) is 5.84. The fourth-order valence-electron chi connectivity index (χ4n) is 1.92. The second-order valence-electron chi connectivity index (χ2n) is 6.65. The van der Waals surface area contributed by atoms with E-state index in [4.69, 9.17) is 11.6 Å². The van der Waals surface area contributed by atoms with E-state index in [1.807, 2.05) is 0 Å². The molecule has 0 fully saturated rings. The first-order valence-corrected chi connectivity index (χ1v) is 6.22. The molecule has 1 heteroatoms. The molecular formula is C15H23Cl. The highest BCUT2D eigenvalue weighted by atomic mass is 35.5. The molecular weight excluding hydrogens is 216 g/mol. The predicted molar refractivity (Wildman–Crippen MR) is 73.6 cm³/mol. The molecule has 0 aliphatic rings. The highest BCUT2D eigenvalue weighted by Crippen LogP contribution is 2.36. The summed E-state index contributed by atoms with van der Waals surface area (Å²) in [4.78, 5) is 0. The largest absolute Gasteiger partial charge is 0.0840 e. The first kappa shape index (κ1) is 13.6. The number of hydrogen-bond donors (Lipinski definition) is 0. The van der Waals surface area contributed by atoms with Crippen molar-refractivity contribution in [3.63, 3.8) is 0 Å². The average molecular weight is 239 g/mol. The Bertz CT molecular complexity index is 350. The second kappa shape index (κ2) is 4.07. The van der Waals surface area contributed by atoms with Crippen LogP contribution in [0.3, 0.4) is 0 Å². The molecule has 90 valence electrons. The van der Waals surface area contributed by atoms with Gasteiger partial charge in [-0.25, -0.2) is 0 Å². The van der Waals surface area contributed by atoms with Gasteiger partial charge in [0.1, 0.15) is 0 Å². The SMILES string of the molecule is Cc1cc(C(C)(C)C)c(C(C)(C)C)cc1Cl. The molecule has 0 aromatic heterocycles. The van der Waals surface area contributed by atoms with Crippen LogP contribution in [-0.4, -0.2) is 0 Å². The second-order valence-corrected chi connectivity index (χ2v) is 7.05. The van der Waals surface area contributed by atoms with E-state index in [9.17, 15) is 0 Å². The topological polar surface area (TPSA) is 0 Å². The van der Waals surface area contributed by atoms with Crippen molar-refractivity contribution in [3.05, 3.63) is 33.8 Å². The molecule has 0 nitrogen and oxygen atoms in total. The van der Waals surface area contributed by atoms with Crippen LogP contribution < -0.4 is 0 Å². The van der Waals surface area contributed by atoms with Gasteiger partial charge in [0.05, 0.1) is 0 Å². The lowest BCUT2D eigenvalue weighted by Gasteiger charge is -2.30. The summed E-state index contributed by atoms with van der Waals surface area (Å²) in [6.07, 6.45) is 0. The van der Waals surface area contributed by atoms with E-state index in [-0.39, 0.29) is 10.8 Å². The summed E-state index contributed by atoms with van der Waals surface area (Å²) in [7, 11) is 0. The molecule has 0 bridgehead atoms. The van der Waals surface area contributed by atoms with Crippen molar-refractivity contribution in [1.29, 1.82) is 0 Å². The minimum Gasteiger partial charge on any atom is -0.0840 e. The van der Waals surface area contributed by atoms with Gasteiger partial charge in [-0.05, 0) is 40.5 Å². The Morgan fingerprint density at radius 3 is 1.56 bits per heavy atom. The highest BCUT2D eigenvalue weighted by Gasteiger charge is 2.25. The van der Waals surface area contributed by atoms with Gasteiger partial charge in [0.15, 0.2) is 0 Å². The lowest BCUT2D eigenvalue weighted by molar-refractivity contribution is 0.530.